The highest BCUT2D eigenvalue weighted by Crippen LogP contribution is 2.25. The van der Waals surface area contributed by atoms with Crippen LogP contribution in [0.1, 0.15) is 76.7 Å². The Balaban J connectivity index is 1.75. The smallest absolute Gasteiger partial charge is 0.339 e. The molecule has 2 aromatic rings. The first kappa shape index (κ1) is 20.9. The van der Waals surface area contributed by atoms with Gasteiger partial charge in [-0.2, -0.15) is 0 Å². The average molecular weight is 399 g/mol. The van der Waals surface area contributed by atoms with Crippen molar-refractivity contribution in [3.63, 3.8) is 0 Å². The standard InChI is InChI=1S/C22H29N3O4/c1-4-8-17-18(22(27)28-3)14(2)25-19(17)20(26)24-13-15-9-7-12-23-21(15)29-16-10-5-6-11-16/h7,9,12,16,25H,4-6,8,10-11,13H2,1-3H3,(H,24,26). The van der Waals surface area contributed by atoms with E-state index in [0.29, 0.717) is 41.4 Å². The van der Waals surface area contributed by atoms with Crippen molar-refractivity contribution in [3.05, 3.63) is 46.4 Å². The third-order valence-corrected chi connectivity index (χ3v) is 5.28. The van der Waals surface area contributed by atoms with Crippen LogP contribution in [-0.4, -0.2) is 35.1 Å². The minimum Gasteiger partial charge on any atom is -0.474 e. The van der Waals surface area contributed by atoms with Crippen molar-refractivity contribution in [1.29, 1.82) is 0 Å². The van der Waals surface area contributed by atoms with Crippen LogP contribution in [0.25, 0.3) is 0 Å². The Bertz CT molecular complexity index is 869. The number of nitrogens with one attached hydrogen (secondary N) is 2. The zero-order valence-electron chi connectivity index (χ0n) is 17.3. The lowest BCUT2D eigenvalue weighted by atomic mass is 10.0. The van der Waals surface area contributed by atoms with Crippen molar-refractivity contribution in [2.45, 2.75) is 65.0 Å². The fourth-order valence-corrected chi connectivity index (χ4v) is 3.84. The Hall–Kier alpha value is -2.83. The number of nitrogens with zero attached hydrogens (tertiary/aromatic N) is 1. The molecule has 7 heteroatoms. The monoisotopic (exact) mass is 399 g/mol. The Kier molecular flexibility index (Phi) is 6.90. The molecule has 0 spiro atoms. The number of esters is 1. The highest BCUT2D eigenvalue weighted by Gasteiger charge is 2.25. The van der Waals surface area contributed by atoms with Crippen LogP contribution in [0.3, 0.4) is 0 Å². The Labute approximate surface area is 171 Å². The Morgan fingerprint density at radius 1 is 1.31 bits per heavy atom. The van der Waals surface area contributed by atoms with E-state index in [1.54, 1.807) is 13.1 Å². The van der Waals surface area contributed by atoms with E-state index in [-0.39, 0.29) is 12.0 Å². The molecule has 7 nitrogen and oxygen atoms in total. The number of methoxy groups -OCH3 is 1. The van der Waals surface area contributed by atoms with Crippen molar-refractivity contribution in [2.24, 2.45) is 0 Å². The van der Waals surface area contributed by atoms with Gasteiger partial charge in [0.15, 0.2) is 0 Å². The van der Waals surface area contributed by atoms with E-state index in [9.17, 15) is 9.59 Å². The van der Waals surface area contributed by atoms with E-state index in [1.165, 1.54) is 20.0 Å². The average Bonchev–Trinajstić information content (AvgIpc) is 3.34. The second-order valence-corrected chi connectivity index (χ2v) is 7.39. The molecule has 29 heavy (non-hydrogen) atoms. The minimum absolute atomic E-state index is 0.198. The van der Waals surface area contributed by atoms with Gasteiger partial charge in [0, 0.05) is 24.0 Å². The summed E-state index contributed by atoms with van der Waals surface area (Å²) in [7, 11) is 1.35. The molecular weight excluding hydrogens is 370 g/mol. The Morgan fingerprint density at radius 3 is 2.76 bits per heavy atom. The van der Waals surface area contributed by atoms with Crippen LogP contribution in [0, 0.1) is 6.92 Å². The summed E-state index contributed by atoms with van der Waals surface area (Å²) in [5.41, 5.74) is 3.03. The summed E-state index contributed by atoms with van der Waals surface area (Å²) in [6.07, 6.45) is 7.76. The third-order valence-electron chi connectivity index (χ3n) is 5.28. The summed E-state index contributed by atoms with van der Waals surface area (Å²) in [6.45, 7) is 4.08. The molecule has 1 aliphatic rings. The quantitative estimate of drug-likeness (QED) is 0.660. The van der Waals surface area contributed by atoms with E-state index in [1.807, 2.05) is 19.1 Å². The summed E-state index contributed by atoms with van der Waals surface area (Å²) in [4.78, 5) is 32.5. The largest absolute Gasteiger partial charge is 0.474 e. The van der Waals surface area contributed by atoms with Crippen LogP contribution in [-0.2, 0) is 17.7 Å². The first-order valence-electron chi connectivity index (χ1n) is 10.2. The van der Waals surface area contributed by atoms with Crippen LogP contribution in [0.5, 0.6) is 5.88 Å². The van der Waals surface area contributed by atoms with Gasteiger partial charge in [-0.25, -0.2) is 9.78 Å². The molecule has 0 unspecified atom stereocenters. The molecule has 3 rings (SSSR count). The molecule has 2 aromatic heterocycles. The fourth-order valence-electron chi connectivity index (χ4n) is 3.84. The maximum absolute atomic E-state index is 12.9. The number of pyridine rings is 1. The number of hydrogen-bond donors (Lipinski definition) is 2. The van der Waals surface area contributed by atoms with Gasteiger partial charge in [-0.1, -0.05) is 19.4 Å². The molecule has 0 radical (unpaired) electrons. The molecule has 1 saturated carbocycles. The number of amides is 1. The van der Waals surface area contributed by atoms with Gasteiger partial charge < -0.3 is 19.8 Å². The number of rotatable bonds is 8. The van der Waals surface area contributed by atoms with Crippen LogP contribution >= 0.6 is 0 Å². The molecule has 0 bridgehead atoms. The van der Waals surface area contributed by atoms with Gasteiger partial charge in [-0.05, 0) is 50.7 Å². The second-order valence-electron chi connectivity index (χ2n) is 7.39. The van der Waals surface area contributed by atoms with E-state index in [0.717, 1.165) is 24.8 Å². The predicted molar refractivity (Wildman–Crippen MR) is 109 cm³/mol. The van der Waals surface area contributed by atoms with Gasteiger partial charge in [0.05, 0.1) is 12.7 Å². The first-order valence-corrected chi connectivity index (χ1v) is 10.2. The van der Waals surface area contributed by atoms with Crippen LogP contribution < -0.4 is 10.1 Å². The molecule has 2 heterocycles. The molecule has 1 amide bonds. The zero-order chi connectivity index (χ0) is 20.8. The molecular formula is C22H29N3O4. The number of aromatic amines is 1. The molecule has 2 N–H and O–H groups in total. The lowest BCUT2D eigenvalue weighted by Crippen LogP contribution is -2.25. The molecule has 0 atom stereocenters. The zero-order valence-corrected chi connectivity index (χ0v) is 17.3. The van der Waals surface area contributed by atoms with Gasteiger partial charge in [0.2, 0.25) is 5.88 Å². The Morgan fingerprint density at radius 2 is 2.07 bits per heavy atom. The predicted octanol–water partition coefficient (Wildman–Crippen LogP) is 3.71. The maximum Gasteiger partial charge on any atom is 0.339 e. The summed E-state index contributed by atoms with van der Waals surface area (Å²) in [5, 5.41) is 2.93. The minimum atomic E-state index is -0.430. The van der Waals surface area contributed by atoms with Crippen molar-refractivity contribution < 1.29 is 19.1 Å². The molecule has 1 fully saturated rings. The van der Waals surface area contributed by atoms with E-state index < -0.39 is 5.97 Å². The highest BCUT2D eigenvalue weighted by atomic mass is 16.5. The molecule has 1 aliphatic carbocycles. The second kappa shape index (κ2) is 9.58. The van der Waals surface area contributed by atoms with Crippen molar-refractivity contribution in [2.75, 3.05) is 7.11 Å². The van der Waals surface area contributed by atoms with E-state index >= 15 is 0 Å². The number of hydrogen-bond acceptors (Lipinski definition) is 5. The van der Waals surface area contributed by atoms with Gasteiger partial charge in [-0.3, -0.25) is 4.79 Å². The SMILES string of the molecule is CCCc1c(C(=O)NCc2cccnc2OC2CCCC2)[nH]c(C)c1C(=O)OC. The summed E-state index contributed by atoms with van der Waals surface area (Å²) in [6, 6.07) is 3.74. The lowest BCUT2D eigenvalue weighted by molar-refractivity contribution is 0.0599. The number of aromatic nitrogens is 2. The van der Waals surface area contributed by atoms with Crippen molar-refractivity contribution in [1.82, 2.24) is 15.3 Å². The first-order chi connectivity index (χ1) is 14.0. The van der Waals surface area contributed by atoms with Gasteiger partial charge in [0.25, 0.3) is 5.91 Å². The normalized spacial score (nSPS) is 14.0. The number of ether oxygens (including phenoxy) is 2. The molecule has 0 saturated heterocycles. The fraction of sp³-hybridized carbons (Fsp3) is 0.500. The summed E-state index contributed by atoms with van der Waals surface area (Å²) < 4.78 is 10.9. The number of H-pyrrole nitrogens is 1. The van der Waals surface area contributed by atoms with Crippen LogP contribution in [0.2, 0.25) is 0 Å². The van der Waals surface area contributed by atoms with Crippen LogP contribution in [0.15, 0.2) is 18.3 Å². The third kappa shape index (κ3) is 4.78. The lowest BCUT2D eigenvalue weighted by Gasteiger charge is -2.15. The van der Waals surface area contributed by atoms with Crippen molar-refractivity contribution in [3.8, 4) is 5.88 Å². The number of carbonyl (C=O) groups excluding carboxylic acids is 2. The molecule has 0 aliphatic heterocycles. The molecule has 156 valence electrons. The van der Waals surface area contributed by atoms with Gasteiger partial charge in [0.1, 0.15) is 11.8 Å². The van der Waals surface area contributed by atoms with Crippen LogP contribution in [0.4, 0.5) is 0 Å². The topological polar surface area (TPSA) is 93.3 Å². The molecule has 0 aromatic carbocycles. The highest BCUT2D eigenvalue weighted by molar-refractivity contribution is 6.00. The number of aryl methyl sites for hydroxylation is 1. The maximum atomic E-state index is 12.9. The van der Waals surface area contributed by atoms with Gasteiger partial charge in [-0.15, -0.1) is 0 Å². The summed E-state index contributed by atoms with van der Waals surface area (Å²) >= 11 is 0. The van der Waals surface area contributed by atoms with E-state index in [4.69, 9.17) is 9.47 Å². The van der Waals surface area contributed by atoms with Gasteiger partial charge >= 0.3 is 5.97 Å². The number of carbonyl (C=O) groups is 2. The van der Waals surface area contributed by atoms with E-state index in [2.05, 4.69) is 15.3 Å². The van der Waals surface area contributed by atoms with Crippen molar-refractivity contribution >= 4 is 11.9 Å². The summed E-state index contributed by atoms with van der Waals surface area (Å²) in [5.74, 6) is -0.116.